The van der Waals surface area contributed by atoms with E-state index < -0.39 is 30.8 Å². The number of carbonyl (C=O) groups excluding carboxylic acids is 2. The highest BCUT2D eigenvalue weighted by atomic mass is 35.5. The number of hydrogen-bond acceptors (Lipinski definition) is 4. The number of carbonyl (C=O) groups is 2. The zero-order valence-corrected chi connectivity index (χ0v) is 13.9. The molecule has 0 radical (unpaired) electrons. The third-order valence-electron chi connectivity index (χ3n) is 3.47. The highest BCUT2D eigenvalue weighted by Crippen LogP contribution is 2.24. The van der Waals surface area contributed by atoms with Crippen molar-refractivity contribution in [3.8, 4) is 5.75 Å². The van der Waals surface area contributed by atoms with Gasteiger partial charge in [-0.1, -0.05) is 6.07 Å². The van der Waals surface area contributed by atoms with Gasteiger partial charge in [0, 0.05) is 25.1 Å². The number of benzene rings is 1. The number of amides is 2. The molecule has 3 N–H and O–H groups in total. The summed E-state index contributed by atoms with van der Waals surface area (Å²) in [7, 11) is 1.51. The zero-order chi connectivity index (χ0) is 16.9. The molecular weight excluding hydrogens is 344 g/mol. The molecular formula is C15H20ClF2N3O3. The predicted molar refractivity (Wildman–Crippen MR) is 86.9 cm³/mol. The molecule has 24 heavy (non-hydrogen) atoms. The molecule has 1 fully saturated rings. The molecule has 1 aliphatic rings. The van der Waals surface area contributed by atoms with Gasteiger partial charge in [-0.2, -0.15) is 0 Å². The van der Waals surface area contributed by atoms with Crippen molar-refractivity contribution in [1.82, 2.24) is 16.0 Å². The van der Waals surface area contributed by atoms with Crippen molar-refractivity contribution in [1.29, 1.82) is 0 Å². The maximum absolute atomic E-state index is 13.0. The molecule has 0 aromatic heterocycles. The lowest BCUT2D eigenvalue weighted by molar-refractivity contribution is -0.123. The monoisotopic (exact) mass is 363 g/mol. The fourth-order valence-corrected chi connectivity index (χ4v) is 2.25. The van der Waals surface area contributed by atoms with Crippen molar-refractivity contribution in [2.75, 3.05) is 26.7 Å². The topological polar surface area (TPSA) is 79.5 Å². The second kappa shape index (κ2) is 8.79. The van der Waals surface area contributed by atoms with Crippen LogP contribution in [0.3, 0.4) is 0 Å². The van der Waals surface area contributed by atoms with Crippen LogP contribution in [0, 0.1) is 0 Å². The van der Waals surface area contributed by atoms with Crippen molar-refractivity contribution in [3.05, 3.63) is 29.8 Å². The SMILES string of the molecule is COc1cccc(C(=O)NCCNC(=O)C2CC(F)(F)CN2)c1.Cl. The first-order valence-corrected chi connectivity index (χ1v) is 7.22. The number of halogens is 3. The lowest BCUT2D eigenvalue weighted by Gasteiger charge is -2.12. The van der Waals surface area contributed by atoms with E-state index in [0.717, 1.165) is 0 Å². The largest absolute Gasteiger partial charge is 0.497 e. The van der Waals surface area contributed by atoms with Gasteiger partial charge in [0.1, 0.15) is 5.75 Å². The van der Waals surface area contributed by atoms with Gasteiger partial charge in [-0.15, -0.1) is 12.4 Å². The lowest BCUT2D eigenvalue weighted by Crippen LogP contribution is -2.43. The van der Waals surface area contributed by atoms with Gasteiger partial charge in [0.25, 0.3) is 11.8 Å². The van der Waals surface area contributed by atoms with E-state index in [2.05, 4.69) is 16.0 Å². The summed E-state index contributed by atoms with van der Waals surface area (Å²) in [6, 6.07) is 5.77. The van der Waals surface area contributed by atoms with Gasteiger partial charge < -0.3 is 15.4 Å². The minimum absolute atomic E-state index is 0. The maximum Gasteiger partial charge on any atom is 0.262 e. The summed E-state index contributed by atoms with van der Waals surface area (Å²) in [5.41, 5.74) is 0.438. The van der Waals surface area contributed by atoms with Crippen LogP contribution in [0.4, 0.5) is 8.78 Å². The Morgan fingerprint density at radius 3 is 2.67 bits per heavy atom. The van der Waals surface area contributed by atoms with Crippen LogP contribution in [0.15, 0.2) is 24.3 Å². The van der Waals surface area contributed by atoms with Crippen molar-refractivity contribution in [2.24, 2.45) is 0 Å². The Labute approximate surface area is 144 Å². The molecule has 1 aromatic rings. The Hall–Kier alpha value is -1.93. The molecule has 1 unspecified atom stereocenters. The summed E-state index contributed by atoms with van der Waals surface area (Å²) < 4.78 is 31.0. The van der Waals surface area contributed by atoms with Crippen molar-refractivity contribution in [3.63, 3.8) is 0 Å². The van der Waals surface area contributed by atoms with E-state index in [9.17, 15) is 18.4 Å². The molecule has 1 aromatic carbocycles. The van der Waals surface area contributed by atoms with Crippen molar-refractivity contribution < 1.29 is 23.1 Å². The molecule has 134 valence electrons. The quantitative estimate of drug-likeness (QED) is 0.658. The molecule has 1 heterocycles. The molecule has 2 rings (SSSR count). The third-order valence-corrected chi connectivity index (χ3v) is 3.47. The average Bonchev–Trinajstić information content (AvgIpc) is 2.91. The smallest absolute Gasteiger partial charge is 0.262 e. The summed E-state index contributed by atoms with van der Waals surface area (Å²) >= 11 is 0. The van der Waals surface area contributed by atoms with Gasteiger partial charge in [-0.05, 0) is 18.2 Å². The molecule has 2 amide bonds. The highest BCUT2D eigenvalue weighted by Gasteiger charge is 2.42. The predicted octanol–water partition coefficient (Wildman–Crippen LogP) is 0.960. The van der Waals surface area contributed by atoms with E-state index >= 15 is 0 Å². The minimum atomic E-state index is -2.84. The number of ether oxygens (including phenoxy) is 1. The fraction of sp³-hybridized carbons (Fsp3) is 0.467. The van der Waals surface area contributed by atoms with Gasteiger partial charge in [0.2, 0.25) is 5.91 Å². The minimum Gasteiger partial charge on any atom is -0.497 e. The second-order valence-electron chi connectivity index (χ2n) is 5.27. The number of methoxy groups -OCH3 is 1. The summed E-state index contributed by atoms with van der Waals surface area (Å²) in [5, 5.41) is 7.62. The molecule has 0 saturated carbocycles. The van der Waals surface area contributed by atoms with E-state index in [0.29, 0.717) is 11.3 Å². The van der Waals surface area contributed by atoms with Gasteiger partial charge in [-0.3, -0.25) is 14.9 Å². The van der Waals surface area contributed by atoms with Gasteiger partial charge >= 0.3 is 0 Å². The van der Waals surface area contributed by atoms with Crippen LogP contribution in [0.5, 0.6) is 5.75 Å². The number of alkyl halides is 2. The summed E-state index contributed by atoms with van der Waals surface area (Å²) in [4.78, 5) is 23.6. The van der Waals surface area contributed by atoms with Crippen LogP contribution in [0.2, 0.25) is 0 Å². The van der Waals surface area contributed by atoms with Crippen LogP contribution in [-0.2, 0) is 4.79 Å². The van der Waals surface area contributed by atoms with Gasteiger partial charge in [0.15, 0.2) is 0 Å². The number of rotatable bonds is 6. The number of nitrogens with one attached hydrogen (secondary N) is 3. The Bertz CT molecular complexity index is 587. The normalized spacial score (nSPS) is 18.4. The number of hydrogen-bond donors (Lipinski definition) is 3. The van der Waals surface area contributed by atoms with E-state index in [1.165, 1.54) is 7.11 Å². The maximum atomic E-state index is 13.0. The van der Waals surface area contributed by atoms with Crippen molar-refractivity contribution in [2.45, 2.75) is 18.4 Å². The molecule has 9 heteroatoms. The van der Waals surface area contributed by atoms with E-state index in [4.69, 9.17) is 4.74 Å². The van der Waals surface area contributed by atoms with Crippen LogP contribution >= 0.6 is 12.4 Å². The summed E-state index contributed by atoms with van der Waals surface area (Å²) in [5.74, 6) is -3.07. The molecule has 1 saturated heterocycles. The van der Waals surface area contributed by atoms with Crippen LogP contribution < -0.4 is 20.7 Å². The van der Waals surface area contributed by atoms with Crippen molar-refractivity contribution >= 4 is 24.2 Å². The molecule has 0 aliphatic carbocycles. The standard InChI is InChI=1S/C15H19F2N3O3.ClH/c1-23-11-4-2-3-10(7-11)13(21)18-5-6-19-14(22)12-8-15(16,17)9-20-12;/h2-4,7,12,20H,5-6,8-9H2,1H3,(H,18,21)(H,19,22);1H. The van der Waals surface area contributed by atoms with E-state index in [1.807, 2.05) is 0 Å². The Morgan fingerprint density at radius 1 is 1.33 bits per heavy atom. The Kier molecular flexibility index (Phi) is 7.37. The van der Waals surface area contributed by atoms with Gasteiger partial charge in [-0.25, -0.2) is 8.78 Å². The first-order valence-electron chi connectivity index (χ1n) is 7.22. The third kappa shape index (κ3) is 5.61. The van der Waals surface area contributed by atoms with Crippen LogP contribution in [-0.4, -0.2) is 50.5 Å². The first-order chi connectivity index (χ1) is 10.9. The summed E-state index contributed by atoms with van der Waals surface area (Å²) in [6.45, 7) is -0.124. The first kappa shape index (κ1) is 20.1. The highest BCUT2D eigenvalue weighted by molar-refractivity contribution is 5.94. The molecule has 1 aliphatic heterocycles. The zero-order valence-electron chi connectivity index (χ0n) is 13.1. The Balaban J connectivity index is 0.00000288. The average molecular weight is 364 g/mol. The Morgan fingerprint density at radius 2 is 2.04 bits per heavy atom. The van der Waals surface area contributed by atoms with Crippen LogP contribution in [0.1, 0.15) is 16.8 Å². The second-order valence-corrected chi connectivity index (χ2v) is 5.27. The van der Waals surface area contributed by atoms with E-state index in [1.54, 1.807) is 24.3 Å². The molecule has 0 bridgehead atoms. The lowest BCUT2D eigenvalue weighted by atomic mass is 10.2. The molecule has 6 nitrogen and oxygen atoms in total. The van der Waals surface area contributed by atoms with Crippen LogP contribution in [0.25, 0.3) is 0 Å². The summed E-state index contributed by atoms with van der Waals surface area (Å²) in [6.07, 6.45) is -0.505. The fourth-order valence-electron chi connectivity index (χ4n) is 2.25. The van der Waals surface area contributed by atoms with Gasteiger partial charge in [0.05, 0.1) is 19.7 Å². The molecule has 0 spiro atoms. The van der Waals surface area contributed by atoms with E-state index in [-0.39, 0.29) is 31.4 Å². The molecule has 1 atom stereocenters.